The van der Waals surface area contributed by atoms with Gasteiger partial charge in [0.1, 0.15) is 23.4 Å². The van der Waals surface area contributed by atoms with Crippen molar-refractivity contribution in [2.45, 2.75) is 38.5 Å². The number of Topliss-reactive ketones (excluding diaryl/α,β-unsaturated/α-hetero) is 1. The summed E-state index contributed by atoms with van der Waals surface area (Å²) in [5.41, 5.74) is -0.806. The van der Waals surface area contributed by atoms with E-state index in [1.165, 1.54) is 20.1 Å². The highest BCUT2D eigenvalue weighted by molar-refractivity contribution is 5.98. The molecule has 0 aromatic carbocycles. The molecule has 0 unspecified atom stereocenters. The molecule has 1 aromatic rings. The van der Waals surface area contributed by atoms with Crippen molar-refractivity contribution in [1.82, 2.24) is 21.1 Å². The average molecular weight is 396 g/mol. The van der Waals surface area contributed by atoms with E-state index in [0.717, 1.165) is 0 Å². The lowest BCUT2D eigenvalue weighted by Gasteiger charge is -2.20. The molecule has 28 heavy (non-hydrogen) atoms. The van der Waals surface area contributed by atoms with Gasteiger partial charge >= 0.3 is 0 Å². The summed E-state index contributed by atoms with van der Waals surface area (Å²) in [5, 5.41) is 11.0. The van der Waals surface area contributed by atoms with Crippen LogP contribution in [0, 0.1) is 6.92 Å². The Balaban J connectivity index is 1.86. The van der Waals surface area contributed by atoms with Crippen LogP contribution in [0.3, 0.4) is 0 Å². The van der Waals surface area contributed by atoms with Crippen molar-refractivity contribution in [1.29, 1.82) is 0 Å². The maximum atomic E-state index is 12.4. The Kier molecular flexibility index (Phi) is 6.86. The minimum absolute atomic E-state index is 0.0199. The molecule has 11 nitrogen and oxygen atoms in total. The number of aromatic nitrogens is 1. The van der Waals surface area contributed by atoms with Crippen molar-refractivity contribution in [3.8, 4) is 0 Å². The fraction of sp³-hybridized carbons (Fsp3) is 0.588. The van der Waals surface area contributed by atoms with Crippen molar-refractivity contribution < 1.29 is 33.2 Å². The van der Waals surface area contributed by atoms with Crippen LogP contribution in [0.1, 0.15) is 30.1 Å². The summed E-state index contributed by atoms with van der Waals surface area (Å²) >= 11 is 0. The number of ether oxygens (including phenoxy) is 2. The lowest BCUT2D eigenvalue weighted by atomic mass is 10.1. The summed E-state index contributed by atoms with van der Waals surface area (Å²) in [6, 6.07) is -0.558. The van der Waals surface area contributed by atoms with E-state index in [1.807, 2.05) is 0 Å². The molecule has 0 bridgehead atoms. The summed E-state index contributed by atoms with van der Waals surface area (Å²) in [5.74, 6) is -1.58. The van der Waals surface area contributed by atoms with Gasteiger partial charge in [-0.25, -0.2) is 0 Å². The number of ketones is 1. The van der Waals surface area contributed by atoms with E-state index in [1.54, 1.807) is 13.8 Å². The standard InChI is InChI=1S/C17H24N4O7/c1-9-5-11(21-28-9)15(24)20-12(7-26-4)16(25)19-10(2)14(23)18-6-13(22)17(3)8-27-17/h5,10,12H,6-8H2,1-4H3,(H,18,23)(H,19,25)(H,20,24)/t10-,12-,17+/m0/s1. The predicted octanol–water partition coefficient (Wildman–Crippen LogP) is -1.29. The molecule has 0 radical (unpaired) electrons. The number of epoxide rings is 1. The van der Waals surface area contributed by atoms with Crippen LogP contribution in [0.4, 0.5) is 0 Å². The van der Waals surface area contributed by atoms with E-state index in [0.29, 0.717) is 12.4 Å². The van der Waals surface area contributed by atoms with Gasteiger partial charge in [0, 0.05) is 13.2 Å². The van der Waals surface area contributed by atoms with Crippen molar-refractivity contribution >= 4 is 23.5 Å². The number of carbonyl (C=O) groups excluding carboxylic acids is 4. The zero-order valence-electron chi connectivity index (χ0n) is 16.2. The maximum Gasteiger partial charge on any atom is 0.274 e. The molecule has 11 heteroatoms. The van der Waals surface area contributed by atoms with Gasteiger partial charge in [-0.05, 0) is 20.8 Å². The normalized spacial score (nSPS) is 20.0. The van der Waals surface area contributed by atoms with E-state index in [9.17, 15) is 19.2 Å². The number of nitrogens with zero attached hydrogens (tertiary/aromatic N) is 1. The molecule has 2 rings (SSSR count). The van der Waals surface area contributed by atoms with E-state index in [4.69, 9.17) is 14.0 Å². The molecule has 1 aromatic heterocycles. The predicted molar refractivity (Wildman–Crippen MR) is 94.3 cm³/mol. The highest BCUT2D eigenvalue weighted by atomic mass is 16.6. The van der Waals surface area contributed by atoms with Crippen LogP contribution in [0.25, 0.3) is 0 Å². The highest BCUT2D eigenvalue weighted by Gasteiger charge is 2.46. The van der Waals surface area contributed by atoms with Crippen molar-refractivity contribution in [3.05, 3.63) is 17.5 Å². The lowest BCUT2D eigenvalue weighted by Crippen LogP contribution is -2.54. The first-order chi connectivity index (χ1) is 13.2. The van der Waals surface area contributed by atoms with E-state index < -0.39 is 35.4 Å². The van der Waals surface area contributed by atoms with Gasteiger partial charge in [-0.2, -0.15) is 0 Å². The average Bonchev–Trinajstić information content (AvgIpc) is 3.25. The monoisotopic (exact) mass is 396 g/mol. The van der Waals surface area contributed by atoms with Gasteiger partial charge < -0.3 is 29.9 Å². The highest BCUT2D eigenvalue weighted by Crippen LogP contribution is 2.26. The number of hydrogen-bond acceptors (Lipinski definition) is 8. The van der Waals surface area contributed by atoms with Gasteiger partial charge in [0.15, 0.2) is 11.5 Å². The number of carbonyl (C=O) groups is 4. The zero-order chi connectivity index (χ0) is 20.9. The smallest absolute Gasteiger partial charge is 0.274 e. The molecular weight excluding hydrogens is 372 g/mol. The molecule has 2 heterocycles. The van der Waals surface area contributed by atoms with Gasteiger partial charge in [0.05, 0.1) is 19.8 Å². The molecule has 1 aliphatic heterocycles. The first-order valence-corrected chi connectivity index (χ1v) is 8.64. The second kappa shape index (κ2) is 8.93. The first-order valence-electron chi connectivity index (χ1n) is 8.64. The Morgan fingerprint density at radius 1 is 1.29 bits per heavy atom. The third kappa shape index (κ3) is 5.60. The molecule has 3 atom stereocenters. The van der Waals surface area contributed by atoms with Crippen LogP contribution in [-0.2, 0) is 23.9 Å². The topological polar surface area (TPSA) is 152 Å². The van der Waals surface area contributed by atoms with Crippen LogP contribution in [0.5, 0.6) is 0 Å². The van der Waals surface area contributed by atoms with E-state index in [2.05, 4.69) is 21.1 Å². The van der Waals surface area contributed by atoms with Crippen LogP contribution >= 0.6 is 0 Å². The van der Waals surface area contributed by atoms with Gasteiger partial charge in [0.2, 0.25) is 11.8 Å². The molecule has 1 saturated heterocycles. The quantitative estimate of drug-likeness (QED) is 0.413. The molecule has 154 valence electrons. The number of nitrogens with one attached hydrogen (secondary N) is 3. The number of amides is 3. The molecule has 0 saturated carbocycles. The molecule has 1 aliphatic rings. The summed E-state index contributed by atoms with van der Waals surface area (Å²) < 4.78 is 14.8. The summed E-state index contributed by atoms with van der Waals surface area (Å²) in [6.07, 6.45) is 0. The second-order valence-corrected chi connectivity index (χ2v) is 6.69. The summed E-state index contributed by atoms with van der Waals surface area (Å²) in [6.45, 7) is 4.75. The van der Waals surface area contributed by atoms with Crippen LogP contribution in [0.2, 0.25) is 0 Å². The Morgan fingerprint density at radius 3 is 2.50 bits per heavy atom. The SMILES string of the molecule is COC[C@H](NC(=O)c1cc(C)on1)C(=O)N[C@@H](C)C(=O)NCC(=O)[C@@]1(C)CO1. The zero-order valence-corrected chi connectivity index (χ0v) is 16.2. The van der Waals surface area contributed by atoms with Crippen molar-refractivity contribution in [2.24, 2.45) is 0 Å². The Labute approximate surface area is 161 Å². The number of methoxy groups -OCH3 is 1. The lowest BCUT2D eigenvalue weighted by molar-refractivity contribution is -0.131. The summed E-state index contributed by atoms with van der Waals surface area (Å²) in [7, 11) is 1.37. The van der Waals surface area contributed by atoms with Gasteiger partial charge in [0.25, 0.3) is 5.91 Å². The molecule has 1 fully saturated rings. The van der Waals surface area contributed by atoms with Crippen molar-refractivity contribution in [2.75, 3.05) is 26.9 Å². The van der Waals surface area contributed by atoms with E-state index >= 15 is 0 Å². The van der Waals surface area contributed by atoms with Crippen molar-refractivity contribution in [3.63, 3.8) is 0 Å². The van der Waals surface area contributed by atoms with Gasteiger partial charge in [-0.15, -0.1) is 0 Å². The minimum Gasteiger partial charge on any atom is -0.382 e. The number of aryl methyl sites for hydroxylation is 1. The first kappa shape index (κ1) is 21.5. The number of hydrogen-bond donors (Lipinski definition) is 3. The largest absolute Gasteiger partial charge is 0.382 e. The fourth-order valence-electron chi connectivity index (χ4n) is 2.21. The molecule has 3 N–H and O–H groups in total. The second-order valence-electron chi connectivity index (χ2n) is 6.69. The summed E-state index contributed by atoms with van der Waals surface area (Å²) in [4.78, 5) is 48.5. The Bertz CT molecular complexity index is 756. The molecule has 0 spiro atoms. The van der Waals surface area contributed by atoms with Crippen LogP contribution in [-0.4, -0.2) is 73.2 Å². The Hall–Kier alpha value is -2.79. The van der Waals surface area contributed by atoms with E-state index in [-0.39, 0.29) is 24.6 Å². The molecular formula is C17H24N4O7. The van der Waals surface area contributed by atoms with Gasteiger partial charge in [-0.1, -0.05) is 5.16 Å². The molecule has 0 aliphatic carbocycles. The number of rotatable bonds is 10. The minimum atomic E-state index is -1.05. The fourth-order valence-corrected chi connectivity index (χ4v) is 2.21. The molecule has 3 amide bonds. The maximum absolute atomic E-state index is 12.4. The van der Waals surface area contributed by atoms with Crippen LogP contribution in [0.15, 0.2) is 10.6 Å². The third-order valence-corrected chi connectivity index (χ3v) is 4.16. The van der Waals surface area contributed by atoms with Gasteiger partial charge in [-0.3, -0.25) is 19.2 Å². The Morgan fingerprint density at radius 2 is 1.96 bits per heavy atom. The third-order valence-electron chi connectivity index (χ3n) is 4.16. The van der Waals surface area contributed by atoms with Crippen LogP contribution < -0.4 is 16.0 Å².